The summed E-state index contributed by atoms with van der Waals surface area (Å²) in [5.41, 5.74) is 3.07. The van der Waals surface area contributed by atoms with E-state index in [4.69, 9.17) is 16.7 Å². The van der Waals surface area contributed by atoms with E-state index < -0.39 is 36.7 Å². The number of hydrogen-bond donors (Lipinski definition) is 1. The van der Waals surface area contributed by atoms with E-state index in [0.29, 0.717) is 28.3 Å². The summed E-state index contributed by atoms with van der Waals surface area (Å²) in [7, 11) is 0. The first-order valence-electron chi connectivity index (χ1n) is 11.8. The molecule has 4 rings (SSSR count). The molecule has 0 fully saturated rings. The molecule has 0 unspecified atom stereocenters. The second-order valence-electron chi connectivity index (χ2n) is 8.48. The molecule has 0 saturated carbocycles. The standard InChI is InChI=1S/C26H21ClF4N2O2.C2H6/c1-15-2-9-23(28)21(10-15)17-5-6-18(22(27)12-17)11-16-3-7-19(8-4-16)33-20(14-25(34)35)13-24(32-33)26(29,30)31;1-2/h2-10,12,20H,11,13-14H2,1H3,(H,34,35);1-2H3/t20-;/m1./s1. The lowest BCUT2D eigenvalue weighted by Crippen LogP contribution is -2.29. The predicted octanol–water partition coefficient (Wildman–Crippen LogP) is 8.04. The fraction of sp³-hybridized carbons (Fsp3) is 0.286. The van der Waals surface area contributed by atoms with Crippen molar-refractivity contribution in [3.8, 4) is 11.1 Å². The normalized spacial score (nSPS) is 15.2. The van der Waals surface area contributed by atoms with Gasteiger partial charge in [0.2, 0.25) is 0 Å². The van der Waals surface area contributed by atoms with Gasteiger partial charge in [-0.1, -0.05) is 61.3 Å². The van der Waals surface area contributed by atoms with Crippen LogP contribution in [0.3, 0.4) is 0 Å². The highest BCUT2D eigenvalue weighted by Gasteiger charge is 2.43. The van der Waals surface area contributed by atoms with Crippen molar-refractivity contribution in [2.75, 3.05) is 5.01 Å². The first-order valence-corrected chi connectivity index (χ1v) is 12.2. The van der Waals surface area contributed by atoms with Crippen LogP contribution >= 0.6 is 11.6 Å². The van der Waals surface area contributed by atoms with E-state index in [0.717, 1.165) is 21.7 Å². The van der Waals surface area contributed by atoms with Crippen molar-refractivity contribution >= 4 is 29.0 Å². The van der Waals surface area contributed by atoms with Gasteiger partial charge in [0.25, 0.3) is 0 Å². The minimum Gasteiger partial charge on any atom is -0.481 e. The van der Waals surface area contributed by atoms with Crippen LogP contribution in [-0.2, 0) is 11.2 Å². The molecule has 0 aliphatic carbocycles. The first kappa shape index (κ1) is 28.2. The Kier molecular flexibility index (Phi) is 8.97. The zero-order valence-corrected chi connectivity index (χ0v) is 21.4. The van der Waals surface area contributed by atoms with Crippen LogP contribution in [0.5, 0.6) is 0 Å². The molecule has 4 nitrogen and oxygen atoms in total. The second-order valence-corrected chi connectivity index (χ2v) is 8.88. The summed E-state index contributed by atoms with van der Waals surface area (Å²) in [6, 6.07) is 15.9. The third kappa shape index (κ3) is 6.89. The van der Waals surface area contributed by atoms with Crippen molar-refractivity contribution in [3.05, 3.63) is 88.2 Å². The fourth-order valence-corrected chi connectivity index (χ4v) is 4.32. The number of benzene rings is 3. The maximum absolute atomic E-state index is 14.2. The molecule has 3 aromatic rings. The minimum absolute atomic E-state index is 0.338. The van der Waals surface area contributed by atoms with Crippen LogP contribution in [-0.4, -0.2) is 29.0 Å². The summed E-state index contributed by atoms with van der Waals surface area (Å²) < 4.78 is 53.7. The molecule has 9 heteroatoms. The van der Waals surface area contributed by atoms with Crippen molar-refractivity contribution < 1.29 is 27.5 Å². The van der Waals surface area contributed by atoms with E-state index >= 15 is 0 Å². The number of carbonyl (C=O) groups is 1. The fourth-order valence-electron chi connectivity index (χ4n) is 4.07. The molecule has 37 heavy (non-hydrogen) atoms. The maximum Gasteiger partial charge on any atom is 0.431 e. The Morgan fingerprint density at radius 3 is 2.35 bits per heavy atom. The summed E-state index contributed by atoms with van der Waals surface area (Å²) >= 11 is 6.47. The zero-order chi connectivity index (χ0) is 27.3. The number of nitrogens with zero attached hydrogens (tertiary/aromatic N) is 2. The second kappa shape index (κ2) is 11.8. The Morgan fingerprint density at radius 2 is 1.76 bits per heavy atom. The highest BCUT2D eigenvalue weighted by atomic mass is 35.5. The highest BCUT2D eigenvalue weighted by Crippen LogP contribution is 2.34. The number of anilines is 1. The number of rotatable bonds is 6. The van der Waals surface area contributed by atoms with Gasteiger partial charge in [-0.25, -0.2) is 4.39 Å². The quantitative estimate of drug-likeness (QED) is 0.325. The molecular formula is C28H27ClF4N2O2. The molecule has 1 atom stereocenters. The van der Waals surface area contributed by atoms with Crippen LogP contribution in [0, 0.1) is 12.7 Å². The Bertz CT molecular complexity index is 1290. The van der Waals surface area contributed by atoms with Crippen molar-refractivity contribution in [2.45, 2.75) is 52.3 Å². The molecule has 1 aliphatic rings. The number of aryl methyl sites for hydroxylation is 1. The van der Waals surface area contributed by atoms with Crippen molar-refractivity contribution in [1.29, 1.82) is 0 Å². The van der Waals surface area contributed by atoms with E-state index in [1.165, 1.54) is 6.07 Å². The van der Waals surface area contributed by atoms with Gasteiger partial charge in [-0.05, 0) is 60.4 Å². The maximum atomic E-state index is 14.2. The minimum atomic E-state index is -4.62. The molecule has 3 aromatic carbocycles. The van der Waals surface area contributed by atoms with Crippen LogP contribution in [0.25, 0.3) is 11.1 Å². The predicted molar refractivity (Wildman–Crippen MR) is 139 cm³/mol. The van der Waals surface area contributed by atoms with Crippen LogP contribution in [0.15, 0.2) is 65.8 Å². The Balaban J connectivity index is 0.00000186. The lowest BCUT2D eigenvalue weighted by Gasteiger charge is -2.22. The average Bonchev–Trinajstić information content (AvgIpc) is 3.27. The number of carboxylic acids is 1. The van der Waals surface area contributed by atoms with Gasteiger partial charge in [-0.3, -0.25) is 9.80 Å². The molecule has 0 saturated heterocycles. The zero-order valence-electron chi connectivity index (χ0n) is 20.6. The van der Waals surface area contributed by atoms with Gasteiger partial charge in [0, 0.05) is 17.0 Å². The van der Waals surface area contributed by atoms with Gasteiger partial charge in [-0.2, -0.15) is 18.3 Å². The van der Waals surface area contributed by atoms with Crippen LogP contribution < -0.4 is 5.01 Å². The summed E-state index contributed by atoms with van der Waals surface area (Å²) in [5.74, 6) is -1.53. The molecule has 0 spiro atoms. The summed E-state index contributed by atoms with van der Waals surface area (Å²) in [6.45, 7) is 5.88. The summed E-state index contributed by atoms with van der Waals surface area (Å²) in [4.78, 5) is 11.1. The molecule has 1 N–H and O–H groups in total. The van der Waals surface area contributed by atoms with E-state index in [1.807, 2.05) is 26.8 Å². The first-order chi connectivity index (χ1) is 17.5. The Morgan fingerprint density at radius 1 is 1.08 bits per heavy atom. The number of halogens is 5. The van der Waals surface area contributed by atoms with Gasteiger partial charge < -0.3 is 5.11 Å². The molecule has 196 valence electrons. The van der Waals surface area contributed by atoms with E-state index in [2.05, 4.69) is 5.10 Å². The smallest absolute Gasteiger partial charge is 0.431 e. The lowest BCUT2D eigenvalue weighted by molar-refractivity contribution is -0.137. The Hall–Kier alpha value is -3.39. The third-order valence-corrected chi connectivity index (χ3v) is 6.17. The summed E-state index contributed by atoms with van der Waals surface area (Å²) in [5, 5.41) is 14.3. The van der Waals surface area contributed by atoms with Gasteiger partial charge in [-0.15, -0.1) is 0 Å². The topological polar surface area (TPSA) is 52.9 Å². The molecule has 1 heterocycles. The van der Waals surface area contributed by atoms with Crippen LogP contribution in [0.2, 0.25) is 5.02 Å². The number of hydrazone groups is 1. The Labute approximate surface area is 218 Å². The van der Waals surface area contributed by atoms with Gasteiger partial charge in [0.1, 0.15) is 11.5 Å². The monoisotopic (exact) mass is 534 g/mol. The number of aliphatic carboxylic acids is 1. The average molecular weight is 535 g/mol. The number of hydrogen-bond acceptors (Lipinski definition) is 3. The van der Waals surface area contributed by atoms with Crippen molar-refractivity contribution in [1.82, 2.24) is 0 Å². The lowest BCUT2D eigenvalue weighted by atomic mass is 9.98. The van der Waals surface area contributed by atoms with Crippen molar-refractivity contribution in [3.63, 3.8) is 0 Å². The van der Waals surface area contributed by atoms with Crippen LogP contribution in [0.1, 0.15) is 43.4 Å². The molecular weight excluding hydrogens is 508 g/mol. The molecule has 0 bridgehead atoms. The molecule has 1 aliphatic heterocycles. The van der Waals surface area contributed by atoms with E-state index in [1.54, 1.807) is 48.5 Å². The van der Waals surface area contributed by atoms with Crippen LogP contribution in [0.4, 0.5) is 23.2 Å². The van der Waals surface area contributed by atoms with Gasteiger partial charge >= 0.3 is 12.1 Å². The molecule has 0 radical (unpaired) electrons. The van der Waals surface area contributed by atoms with Gasteiger partial charge in [0.15, 0.2) is 0 Å². The number of carboxylic acid groups (broad SMARTS) is 1. The third-order valence-electron chi connectivity index (χ3n) is 5.82. The van der Waals surface area contributed by atoms with Crippen molar-refractivity contribution in [2.24, 2.45) is 5.10 Å². The largest absolute Gasteiger partial charge is 0.481 e. The van der Waals surface area contributed by atoms with E-state index in [9.17, 15) is 22.4 Å². The SMILES string of the molecule is CC.Cc1ccc(F)c(-c2ccc(Cc3ccc(N4N=C(C(F)(F)F)C[C@@H]4CC(=O)O)cc3)c(Cl)c2)c1. The molecule has 0 aromatic heterocycles. The van der Waals surface area contributed by atoms with E-state index in [-0.39, 0.29) is 5.82 Å². The molecule has 0 amide bonds. The highest BCUT2D eigenvalue weighted by molar-refractivity contribution is 6.31. The number of alkyl halides is 3. The summed E-state index contributed by atoms with van der Waals surface area (Å²) in [6.07, 6.45) is -5.11. The van der Waals surface area contributed by atoms with Gasteiger partial charge in [0.05, 0.1) is 18.2 Å².